The van der Waals surface area contributed by atoms with Crippen molar-refractivity contribution in [3.05, 3.63) is 43.7 Å². The molecule has 0 fully saturated rings. The predicted octanol–water partition coefficient (Wildman–Crippen LogP) is 2.30. The molecule has 0 N–H and O–H groups in total. The fourth-order valence-corrected chi connectivity index (χ4v) is 2.97. The van der Waals surface area contributed by atoms with Crippen molar-refractivity contribution in [2.24, 2.45) is 10.1 Å². The van der Waals surface area contributed by atoms with Crippen LogP contribution in [-0.4, -0.2) is 29.2 Å². The van der Waals surface area contributed by atoms with Crippen molar-refractivity contribution in [3.8, 4) is 11.5 Å². The number of ether oxygens (including phenoxy) is 2. The standard InChI is InChI=1S/C14H14N4O4S/c1-3-15-14-17(9(2)7-23-14)16-6-10-4-12-13(22-8-21-12)5-11(10)18(19)20/h4-7H,3,8H2,1-2H3. The maximum Gasteiger partial charge on any atom is 0.282 e. The number of rotatable bonds is 4. The van der Waals surface area contributed by atoms with Crippen LogP contribution in [0.15, 0.2) is 27.6 Å². The van der Waals surface area contributed by atoms with Gasteiger partial charge in [0.15, 0.2) is 11.5 Å². The number of hydrogen-bond donors (Lipinski definition) is 0. The van der Waals surface area contributed by atoms with Gasteiger partial charge in [-0.05, 0) is 19.9 Å². The van der Waals surface area contributed by atoms with Gasteiger partial charge >= 0.3 is 0 Å². The quantitative estimate of drug-likeness (QED) is 0.487. The third kappa shape index (κ3) is 2.95. The van der Waals surface area contributed by atoms with E-state index in [1.807, 2.05) is 19.2 Å². The lowest BCUT2D eigenvalue weighted by molar-refractivity contribution is -0.385. The number of aromatic nitrogens is 1. The Balaban J connectivity index is 2.05. The highest BCUT2D eigenvalue weighted by molar-refractivity contribution is 7.07. The Kier molecular flexibility index (Phi) is 4.11. The molecular formula is C14H14N4O4S. The summed E-state index contributed by atoms with van der Waals surface area (Å²) < 4.78 is 12.1. The first-order chi connectivity index (χ1) is 11.1. The minimum Gasteiger partial charge on any atom is -0.454 e. The Labute approximate surface area is 135 Å². The Hall–Kier alpha value is -2.68. The number of hydrogen-bond acceptors (Lipinski definition) is 7. The molecule has 2 aromatic rings. The van der Waals surface area contributed by atoms with Gasteiger partial charge in [-0.25, -0.2) is 4.68 Å². The zero-order valence-corrected chi connectivity index (χ0v) is 13.4. The number of nitro groups is 1. The molecule has 9 heteroatoms. The van der Waals surface area contributed by atoms with E-state index in [0.717, 1.165) is 10.5 Å². The van der Waals surface area contributed by atoms with E-state index in [9.17, 15) is 10.1 Å². The molecule has 0 unspecified atom stereocenters. The lowest BCUT2D eigenvalue weighted by Crippen LogP contribution is -2.12. The van der Waals surface area contributed by atoms with E-state index in [0.29, 0.717) is 23.6 Å². The predicted molar refractivity (Wildman–Crippen MR) is 85.4 cm³/mol. The zero-order chi connectivity index (χ0) is 16.4. The highest BCUT2D eigenvalue weighted by Gasteiger charge is 2.22. The topological polar surface area (TPSA) is 91.2 Å². The summed E-state index contributed by atoms with van der Waals surface area (Å²) in [6.45, 7) is 4.53. The maximum atomic E-state index is 11.2. The molecule has 0 saturated carbocycles. The summed E-state index contributed by atoms with van der Waals surface area (Å²) in [6, 6.07) is 2.91. The second-order valence-corrected chi connectivity index (χ2v) is 5.55. The largest absolute Gasteiger partial charge is 0.454 e. The van der Waals surface area contributed by atoms with Crippen molar-refractivity contribution in [2.45, 2.75) is 13.8 Å². The second kappa shape index (κ2) is 6.21. The SMILES string of the molecule is CCN=c1scc(C)n1N=Cc1cc2c(cc1[N+](=O)[O-])OCO2. The van der Waals surface area contributed by atoms with Crippen LogP contribution in [0.25, 0.3) is 0 Å². The number of fused-ring (bicyclic) bond motifs is 1. The van der Waals surface area contributed by atoms with Gasteiger partial charge in [-0.15, -0.1) is 11.3 Å². The number of thiazole rings is 1. The van der Waals surface area contributed by atoms with Gasteiger partial charge in [0.05, 0.1) is 28.5 Å². The van der Waals surface area contributed by atoms with Gasteiger partial charge in [-0.1, -0.05) is 0 Å². The zero-order valence-electron chi connectivity index (χ0n) is 12.6. The Bertz CT molecular complexity index is 853. The van der Waals surface area contributed by atoms with Crippen LogP contribution in [-0.2, 0) is 0 Å². The Morgan fingerprint density at radius 3 is 2.87 bits per heavy atom. The van der Waals surface area contributed by atoms with Gasteiger partial charge in [0.1, 0.15) is 0 Å². The molecule has 1 aromatic carbocycles. The third-order valence-corrected chi connectivity index (χ3v) is 4.15. The fourth-order valence-electron chi connectivity index (χ4n) is 2.10. The molecule has 0 saturated heterocycles. The van der Waals surface area contributed by atoms with Crippen molar-refractivity contribution in [3.63, 3.8) is 0 Å². The van der Waals surface area contributed by atoms with E-state index in [-0.39, 0.29) is 12.5 Å². The molecular weight excluding hydrogens is 320 g/mol. The molecule has 2 heterocycles. The fraction of sp³-hybridized carbons (Fsp3) is 0.286. The van der Waals surface area contributed by atoms with Gasteiger partial charge in [-0.3, -0.25) is 15.1 Å². The molecule has 0 amide bonds. The molecule has 1 aliphatic heterocycles. The molecule has 120 valence electrons. The van der Waals surface area contributed by atoms with E-state index in [1.54, 1.807) is 10.7 Å². The van der Waals surface area contributed by atoms with Crippen LogP contribution in [0.2, 0.25) is 0 Å². The molecule has 0 bridgehead atoms. The highest BCUT2D eigenvalue weighted by Crippen LogP contribution is 2.37. The summed E-state index contributed by atoms with van der Waals surface area (Å²) in [6.07, 6.45) is 1.44. The van der Waals surface area contributed by atoms with Crippen LogP contribution in [0.5, 0.6) is 11.5 Å². The summed E-state index contributed by atoms with van der Waals surface area (Å²) >= 11 is 1.47. The van der Waals surface area contributed by atoms with Crippen LogP contribution >= 0.6 is 11.3 Å². The van der Waals surface area contributed by atoms with Crippen LogP contribution in [0, 0.1) is 17.0 Å². The maximum absolute atomic E-state index is 11.2. The number of benzene rings is 1. The van der Waals surface area contributed by atoms with Gasteiger partial charge < -0.3 is 9.47 Å². The summed E-state index contributed by atoms with van der Waals surface area (Å²) in [4.78, 5) is 15.9. The minimum atomic E-state index is -0.466. The Morgan fingerprint density at radius 2 is 2.17 bits per heavy atom. The van der Waals surface area contributed by atoms with Gasteiger partial charge in [0.25, 0.3) is 5.69 Å². The number of nitrogens with zero attached hydrogens (tertiary/aromatic N) is 4. The molecule has 3 rings (SSSR count). The lowest BCUT2D eigenvalue weighted by Gasteiger charge is -2.01. The highest BCUT2D eigenvalue weighted by atomic mass is 32.1. The monoisotopic (exact) mass is 334 g/mol. The molecule has 1 aromatic heterocycles. The molecule has 0 atom stereocenters. The van der Waals surface area contributed by atoms with Crippen LogP contribution in [0.3, 0.4) is 0 Å². The lowest BCUT2D eigenvalue weighted by atomic mass is 10.1. The van der Waals surface area contributed by atoms with E-state index < -0.39 is 4.92 Å². The van der Waals surface area contributed by atoms with Gasteiger partial charge in [0.2, 0.25) is 11.6 Å². The molecule has 0 radical (unpaired) electrons. The minimum absolute atomic E-state index is 0.0605. The normalized spacial score (nSPS) is 13.9. The van der Waals surface area contributed by atoms with Gasteiger partial charge in [-0.2, -0.15) is 5.10 Å². The third-order valence-electron chi connectivity index (χ3n) is 3.17. The molecule has 8 nitrogen and oxygen atoms in total. The Morgan fingerprint density at radius 1 is 1.43 bits per heavy atom. The van der Waals surface area contributed by atoms with E-state index in [2.05, 4.69) is 10.1 Å². The van der Waals surface area contributed by atoms with E-state index in [1.165, 1.54) is 23.6 Å². The smallest absolute Gasteiger partial charge is 0.282 e. The number of aryl methyl sites for hydroxylation is 1. The van der Waals surface area contributed by atoms with Crippen molar-refractivity contribution in [1.29, 1.82) is 0 Å². The van der Waals surface area contributed by atoms with Crippen LogP contribution < -0.4 is 14.3 Å². The van der Waals surface area contributed by atoms with Crippen LogP contribution in [0.4, 0.5) is 5.69 Å². The summed E-state index contributed by atoms with van der Waals surface area (Å²) in [5.41, 5.74) is 1.17. The summed E-state index contributed by atoms with van der Waals surface area (Å²) in [5, 5.41) is 17.5. The molecule has 1 aliphatic rings. The van der Waals surface area contributed by atoms with Crippen molar-refractivity contribution in [2.75, 3.05) is 13.3 Å². The van der Waals surface area contributed by atoms with Crippen molar-refractivity contribution >= 4 is 23.2 Å². The first-order valence-electron chi connectivity index (χ1n) is 6.90. The van der Waals surface area contributed by atoms with E-state index in [4.69, 9.17) is 9.47 Å². The molecule has 0 spiro atoms. The molecule has 0 aliphatic carbocycles. The summed E-state index contributed by atoms with van der Waals surface area (Å²) in [7, 11) is 0. The second-order valence-electron chi connectivity index (χ2n) is 4.71. The first-order valence-corrected chi connectivity index (χ1v) is 7.78. The van der Waals surface area contributed by atoms with Crippen molar-refractivity contribution in [1.82, 2.24) is 4.68 Å². The molecule has 23 heavy (non-hydrogen) atoms. The number of nitro benzene ring substituents is 1. The van der Waals surface area contributed by atoms with Crippen molar-refractivity contribution < 1.29 is 14.4 Å². The van der Waals surface area contributed by atoms with Crippen LogP contribution in [0.1, 0.15) is 18.2 Å². The first kappa shape index (κ1) is 15.2. The average Bonchev–Trinajstić information content (AvgIpc) is 3.11. The van der Waals surface area contributed by atoms with Gasteiger partial charge in [0, 0.05) is 11.9 Å². The summed E-state index contributed by atoms with van der Waals surface area (Å²) in [5.74, 6) is 0.845. The average molecular weight is 334 g/mol. The van der Waals surface area contributed by atoms with E-state index >= 15 is 0 Å².